The predicted molar refractivity (Wildman–Crippen MR) is 130 cm³/mol. The SMILES string of the molecule is COc1cc(OC)c(/C=C/SCc2ccc(OC)c(CC(=O)NCCNC=O)c2)c(OC)c1. The van der Waals surface area contributed by atoms with Crippen molar-refractivity contribution in [3.8, 4) is 23.0 Å². The van der Waals surface area contributed by atoms with Gasteiger partial charge in [0.2, 0.25) is 12.3 Å². The number of carbonyl (C=O) groups is 2. The van der Waals surface area contributed by atoms with E-state index in [0.717, 1.165) is 16.7 Å². The van der Waals surface area contributed by atoms with Gasteiger partial charge in [0.25, 0.3) is 0 Å². The molecule has 0 aromatic heterocycles. The summed E-state index contributed by atoms with van der Waals surface area (Å²) in [6.07, 6.45) is 2.73. The quantitative estimate of drug-likeness (QED) is 0.321. The molecule has 0 heterocycles. The molecule has 33 heavy (non-hydrogen) atoms. The van der Waals surface area contributed by atoms with Crippen LogP contribution < -0.4 is 29.6 Å². The first-order valence-corrected chi connectivity index (χ1v) is 11.3. The van der Waals surface area contributed by atoms with Crippen LogP contribution in [0.5, 0.6) is 23.0 Å². The lowest BCUT2D eigenvalue weighted by atomic mass is 10.1. The molecule has 2 aromatic carbocycles. The molecule has 0 aliphatic carbocycles. The number of amides is 2. The molecular weight excluding hydrogens is 444 g/mol. The van der Waals surface area contributed by atoms with Crippen LogP contribution in [-0.2, 0) is 21.8 Å². The van der Waals surface area contributed by atoms with Gasteiger partial charge in [-0.15, -0.1) is 11.8 Å². The minimum absolute atomic E-state index is 0.135. The van der Waals surface area contributed by atoms with E-state index in [-0.39, 0.29) is 12.3 Å². The minimum Gasteiger partial charge on any atom is -0.496 e. The van der Waals surface area contributed by atoms with Crippen LogP contribution in [0.3, 0.4) is 0 Å². The zero-order valence-corrected chi connectivity index (χ0v) is 20.1. The van der Waals surface area contributed by atoms with Gasteiger partial charge in [-0.2, -0.15) is 0 Å². The summed E-state index contributed by atoms with van der Waals surface area (Å²) < 4.78 is 21.6. The molecule has 0 bridgehead atoms. The van der Waals surface area contributed by atoms with E-state index in [1.165, 1.54) is 0 Å². The van der Waals surface area contributed by atoms with Crippen molar-refractivity contribution < 1.29 is 28.5 Å². The van der Waals surface area contributed by atoms with E-state index in [9.17, 15) is 9.59 Å². The van der Waals surface area contributed by atoms with Crippen molar-refractivity contribution in [3.05, 3.63) is 52.4 Å². The van der Waals surface area contributed by atoms with Crippen LogP contribution in [0, 0.1) is 0 Å². The Bertz CT molecular complexity index is 939. The zero-order valence-electron chi connectivity index (χ0n) is 19.3. The summed E-state index contributed by atoms with van der Waals surface area (Å²) in [5.74, 6) is 3.20. The molecule has 178 valence electrons. The topological polar surface area (TPSA) is 95.1 Å². The Morgan fingerprint density at radius 1 is 0.939 bits per heavy atom. The second kappa shape index (κ2) is 13.9. The summed E-state index contributed by atoms with van der Waals surface area (Å²) in [7, 11) is 6.38. The first-order valence-electron chi connectivity index (χ1n) is 10.2. The number of ether oxygens (including phenoxy) is 4. The summed E-state index contributed by atoms with van der Waals surface area (Å²) in [4.78, 5) is 22.5. The van der Waals surface area contributed by atoms with Gasteiger partial charge >= 0.3 is 0 Å². The third kappa shape index (κ3) is 7.94. The van der Waals surface area contributed by atoms with Crippen molar-refractivity contribution in [3.63, 3.8) is 0 Å². The average molecular weight is 475 g/mol. The molecule has 0 aliphatic rings. The molecule has 0 atom stereocenters. The third-order valence-electron chi connectivity index (χ3n) is 4.70. The standard InChI is InChI=1S/C24H30N2O6S/c1-29-19-13-22(31-3)20(23(14-19)32-4)7-10-33-15-17-5-6-21(30-2)18(11-17)12-24(28)26-9-8-25-16-27/h5-7,10-11,13-14,16H,8-9,12,15H2,1-4H3,(H,25,27)(H,26,28)/b10-7+. The lowest BCUT2D eigenvalue weighted by molar-refractivity contribution is -0.120. The maximum atomic E-state index is 12.2. The van der Waals surface area contributed by atoms with E-state index in [2.05, 4.69) is 10.6 Å². The Labute approximate surface area is 198 Å². The van der Waals surface area contributed by atoms with E-state index < -0.39 is 0 Å². The van der Waals surface area contributed by atoms with Gasteiger partial charge in [-0.05, 0) is 23.1 Å². The van der Waals surface area contributed by atoms with Crippen LogP contribution in [0.25, 0.3) is 6.08 Å². The van der Waals surface area contributed by atoms with Crippen LogP contribution in [0.4, 0.5) is 0 Å². The number of hydrogen-bond donors (Lipinski definition) is 2. The third-order valence-corrected chi connectivity index (χ3v) is 5.53. The van der Waals surface area contributed by atoms with Gasteiger partial charge in [0.1, 0.15) is 23.0 Å². The maximum Gasteiger partial charge on any atom is 0.224 e. The summed E-state index contributed by atoms with van der Waals surface area (Å²) in [6, 6.07) is 9.43. The fourth-order valence-electron chi connectivity index (χ4n) is 3.09. The molecule has 0 aliphatic heterocycles. The zero-order chi connectivity index (χ0) is 24.1. The summed E-state index contributed by atoms with van der Waals surface area (Å²) in [5, 5.41) is 7.26. The van der Waals surface area contributed by atoms with Gasteiger partial charge in [0, 0.05) is 36.5 Å². The molecule has 0 radical (unpaired) electrons. The van der Waals surface area contributed by atoms with Crippen LogP contribution in [0.15, 0.2) is 35.7 Å². The van der Waals surface area contributed by atoms with Crippen molar-refractivity contribution in [2.45, 2.75) is 12.2 Å². The van der Waals surface area contributed by atoms with Crippen LogP contribution in [-0.4, -0.2) is 53.8 Å². The number of nitrogens with one attached hydrogen (secondary N) is 2. The molecule has 2 rings (SSSR count). The highest BCUT2D eigenvalue weighted by atomic mass is 32.2. The summed E-state index contributed by atoms with van der Waals surface area (Å²) >= 11 is 1.60. The van der Waals surface area contributed by atoms with Gasteiger partial charge in [0.05, 0.1) is 40.4 Å². The van der Waals surface area contributed by atoms with Crippen LogP contribution in [0.1, 0.15) is 16.7 Å². The highest BCUT2D eigenvalue weighted by molar-refractivity contribution is 8.01. The number of hydrogen-bond acceptors (Lipinski definition) is 7. The van der Waals surface area contributed by atoms with Crippen molar-refractivity contribution in [1.82, 2.24) is 10.6 Å². The number of carbonyl (C=O) groups excluding carboxylic acids is 2. The highest BCUT2D eigenvalue weighted by Crippen LogP contribution is 2.35. The fourth-order valence-corrected chi connectivity index (χ4v) is 3.79. The number of thioether (sulfide) groups is 1. The lowest BCUT2D eigenvalue weighted by Crippen LogP contribution is -2.32. The van der Waals surface area contributed by atoms with Crippen molar-refractivity contribution in [2.75, 3.05) is 41.5 Å². The molecule has 9 heteroatoms. The van der Waals surface area contributed by atoms with Gasteiger partial charge < -0.3 is 29.6 Å². The lowest BCUT2D eigenvalue weighted by Gasteiger charge is -2.12. The molecule has 0 fully saturated rings. The normalized spacial score (nSPS) is 10.5. The molecule has 2 amide bonds. The number of rotatable bonds is 14. The monoisotopic (exact) mass is 474 g/mol. The number of benzene rings is 2. The summed E-state index contributed by atoms with van der Waals surface area (Å²) in [5.41, 5.74) is 2.69. The van der Waals surface area contributed by atoms with E-state index in [4.69, 9.17) is 18.9 Å². The molecule has 2 aromatic rings. The second-order valence-corrected chi connectivity index (χ2v) is 7.70. The molecule has 0 spiro atoms. The molecule has 2 N–H and O–H groups in total. The predicted octanol–water partition coefficient (Wildman–Crippen LogP) is 3.03. The Hall–Kier alpha value is -3.33. The van der Waals surface area contributed by atoms with Gasteiger partial charge in [-0.1, -0.05) is 12.1 Å². The smallest absolute Gasteiger partial charge is 0.224 e. The Morgan fingerprint density at radius 3 is 2.24 bits per heavy atom. The first kappa shape index (κ1) is 25.9. The molecule has 0 unspecified atom stereocenters. The first-order chi connectivity index (χ1) is 16.1. The van der Waals surface area contributed by atoms with E-state index in [0.29, 0.717) is 48.3 Å². The van der Waals surface area contributed by atoms with Crippen molar-refractivity contribution in [2.24, 2.45) is 0 Å². The maximum absolute atomic E-state index is 12.2. The fraction of sp³-hybridized carbons (Fsp3) is 0.333. The van der Waals surface area contributed by atoms with E-state index >= 15 is 0 Å². The Kier molecular flexibility index (Phi) is 11.0. The molecule has 8 nitrogen and oxygen atoms in total. The molecule has 0 saturated heterocycles. The Morgan fingerprint density at radius 2 is 1.64 bits per heavy atom. The Balaban J connectivity index is 2.04. The van der Waals surface area contributed by atoms with Crippen molar-refractivity contribution >= 4 is 30.2 Å². The van der Waals surface area contributed by atoms with Crippen LogP contribution >= 0.6 is 11.8 Å². The number of methoxy groups -OCH3 is 4. The second-order valence-electron chi connectivity index (χ2n) is 6.80. The van der Waals surface area contributed by atoms with E-state index in [1.807, 2.05) is 41.8 Å². The summed E-state index contributed by atoms with van der Waals surface area (Å²) in [6.45, 7) is 0.762. The van der Waals surface area contributed by atoms with Gasteiger partial charge in [-0.3, -0.25) is 9.59 Å². The van der Waals surface area contributed by atoms with Gasteiger partial charge in [-0.25, -0.2) is 0 Å². The molecule has 0 saturated carbocycles. The highest BCUT2D eigenvalue weighted by Gasteiger charge is 2.12. The largest absolute Gasteiger partial charge is 0.496 e. The van der Waals surface area contributed by atoms with Gasteiger partial charge in [0.15, 0.2) is 0 Å². The van der Waals surface area contributed by atoms with Crippen LogP contribution in [0.2, 0.25) is 0 Å². The molecular formula is C24H30N2O6S. The minimum atomic E-state index is -0.135. The van der Waals surface area contributed by atoms with Crippen molar-refractivity contribution in [1.29, 1.82) is 0 Å². The van der Waals surface area contributed by atoms with E-state index in [1.54, 1.807) is 40.2 Å². The average Bonchev–Trinajstić information content (AvgIpc) is 2.84.